The fraction of sp³-hybridized carbons (Fsp3) is 0.158. The number of aromatic amines is 1. The lowest BCUT2D eigenvalue weighted by Crippen LogP contribution is -2.29. The Morgan fingerprint density at radius 1 is 1.05 bits per heavy atom. The van der Waals surface area contributed by atoms with Crippen molar-refractivity contribution >= 4 is 0 Å². The minimum atomic E-state index is -0.721. The van der Waals surface area contributed by atoms with Gasteiger partial charge in [0.05, 0.1) is 12.4 Å². The van der Waals surface area contributed by atoms with Crippen molar-refractivity contribution in [2.24, 2.45) is 0 Å². The average Bonchev–Trinajstić information content (AvgIpc) is 3.07. The van der Waals surface area contributed by atoms with Crippen molar-refractivity contribution in [1.29, 1.82) is 5.26 Å². The highest BCUT2D eigenvalue weighted by atomic mass is 14.9. The van der Waals surface area contributed by atoms with E-state index in [2.05, 4.69) is 35.1 Å². The van der Waals surface area contributed by atoms with Gasteiger partial charge < -0.3 is 4.98 Å². The largest absolute Gasteiger partial charge is 0.348 e. The molecule has 1 unspecified atom stereocenters. The molecule has 0 aliphatic rings. The van der Waals surface area contributed by atoms with Gasteiger partial charge in [-0.3, -0.25) is 0 Å². The number of hydrogen-bond acceptors (Lipinski definition) is 2. The van der Waals surface area contributed by atoms with E-state index in [1.54, 1.807) is 12.5 Å². The summed E-state index contributed by atoms with van der Waals surface area (Å²) in [5.41, 5.74) is 3.41. The van der Waals surface area contributed by atoms with E-state index in [1.807, 2.05) is 42.5 Å². The number of hydrogen-bond donors (Lipinski definition) is 1. The summed E-state index contributed by atoms with van der Waals surface area (Å²) in [7, 11) is 0. The highest BCUT2D eigenvalue weighted by molar-refractivity contribution is 5.47. The first-order valence-corrected chi connectivity index (χ1v) is 7.26. The third-order valence-corrected chi connectivity index (χ3v) is 4.01. The molecule has 0 saturated carbocycles. The van der Waals surface area contributed by atoms with E-state index < -0.39 is 5.41 Å². The zero-order chi connectivity index (χ0) is 15.4. The number of imidazole rings is 1. The van der Waals surface area contributed by atoms with Crippen LogP contribution in [0, 0.1) is 18.3 Å². The minimum Gasteiger partial charge on any atom is -0.348 e. The van der Waals surface area contributed by atoms with Gasteiger partial charge in [0.1, 0.15) is 5.41 Å². The number of nitriles is 1. The van der Waals surface area contributed by atoms with Gasteiger partial charge in [-0.1, -0.05) is 60.2 Å². The number of rotatable bonds is 4. The number of benzene rings is 2. The summed E-state index contributed by atoms with van der Waals surface area (Å²) in [6, 6.07) is 20.7. The van der Waals surface area contributed by atoms with E-state index in [-0.39, 0.29) is 0 Å². The molecule has 1 heterocycles. The van der Waals surface area contributed by atoms with E-state index >= 15 is 0 Å². The van der Waals surface area contributed by atoms with E-state index in [4.69, 9.17) is 0 Å². The normalized spacial score (nSPS) is 13.3. The van der Waals surface area contributed by atoms with E-state index in [0.29, 0.717) is 6.42 Å². The molecule has 0 saturated heterocycles. The molecule has 1 atom stereocenters. The van der Waals surface area contributed by atoms with Crippen LogP contribution in [0.5, 0.6) is 0 Å². The van der Waals surface area contributed by atoms with Crippen molar-refractivity contribution in [1.82, 2.24) is 9.97 Å². The molecule has 0 aliphatic heterocycles. The van der Waals surface area contributed by atoms with E-state index in [9.17, 15) is 5.26 Å². The summed E-state index contributed by atoms with van der Waals surface area (Å²) < 4.78 is 0. The standard InChI is InChI=1S/C19H17N3/c1-15-7-9-17(10-8-15)19(13-20,11-18-12-21-14-22-18)16-5-3-2-4-6-16/h2-10,12,14H,11H2,1H3,(H,21,22). The predicted molar refractivity (Wildman–Crippen MR) is 86.3 cm³/mol. The van der Waals surface area contributed by atoms with Crippen molar-refractivity contribution in [3.63, 3.8) is 0 Å². The van der Waals surface area contributed by atoms with Crippen LogP contribution in [-0.2, 0) is 11.8 Å². The number of H-pyrrole nitrogens is 1. The highest BCUT2D eigenvalue weighted by Gasteiger charge is 2.35. The Hall–Kier alpha value is -2.86. The molecule has 0 radical (unpaired) electrons. The van der Waals surface area contributed by atoms with Crippen molar-refractivity contribution < 1.29 is 0 Å². The summed E-state index contributed by atoms with van der Waals surface area (Å²) in [5, 5.41) is 10.1. The summed E-state index contributed by atoms with van der Waals surface area (Å²) in [6.45, 7) is 2.05. The summed E-state index contributed by atoms with van der Waals surface area (Å²) in [6.07, 6.45) is 4.00. The molecule has 2 aromatic carbocycles. The first kappa shape index (κ1) is 14.1. The van der Waals surface area contributed by atoms with Crippen LogP contribution in [0.2, 0.25) is 0 Å². The van der Waals surface area contributed by atoms with E-state index in [0.717, 1.165) is 16.8 Å². The second-order valence-corrected chi connectivity index (χ2v) is 5.50. The van der Waals surface area contributed by atoms with Crippen LogP contribution >= 0.6 is 0 Å². The average molecular weight is 287 g/mol. The quantitative estimate of drug-likeness (QED) is 0.794. The topological polar surface area (TPSA) is 52.5 Å². The Morgan fingerprint density at radius 2 is 1.73 bits per heavy atom. The van der Waals surface area contributed by atoms with Crippen molar-refractivity contribution in [3.8, 4) is 6.07 Å². The Labute approximate surface area is 130 Å². The van der Waals surface area contributed by atoms with Gasteiger partial charge in [0, 0.05) is 18.3 Å². The molecular weight excluding hydrogens is 270 g/mol. The molecule has 0 spiro atoms. The van der Waals surface area contributed by atoms with Gasteiger partial charge in [-0.15, -0.1) is 0 Å². The van der Waals surface area contributed by atoms with E-state index in [1.165, 1.54) is 5.56 Å². The molecule has 1 N–H and O–H groups in total. The maximum atomic E-state index is 10.1. The third-order valence-electron chi connectivity index (χ3n) is 4.01. The van der Waals surface area contributed by atoms with Crippen LogP contribution in [-0.4, -0.2) is 9.97 Å². The van der Waals surface area contributed by atoms with Gasteiger partial charge in [-0.2, -0.15) is 5.26 Å². The summed E-state index contributed by atoms with van der Waals surface area (Å²) in [5.74, 6) is 0. The maximum Gasteiger partial charge on any atom is 0.113 e. The van der Waals surface area contributed by atoms with Crippen LogP contribution < -0.4 is 0 Å². The molecular formula is C19H17N3. The molecule has 3 rings (SSSR count). The Bertz CT molecular complexity index is 768. The lowest BCUT2D eigenvalue weighted by atomic mass is 9.72. The van der Waals surface area contributed by atoms with Gasteiger partial charge in [-0.05, 0) is 18.1 Å². The summed E-state index contributed by atoms with van der Waals surface area (Å²) in [4.78, 5) is 7.19. The second-order valence-electron chi connectivity index (χ2n) is 5.50. The molecule has 1 aromatic heterocycles. The number of nitrogens with one attached hydrogen (secondary N) is 1. The van der Waals surface area contributed by atoms with Gasteiger partial charge in [0.2, 0.25) is 0 Å². The molecule has 22 heavy (non-hydrogen) atoms. The zero-order valence-corrected chi connectivity index (χ0v) is 12.5. The molecule has 108 valence electrons. The molecule has 0 amide bonds. The minimum absolute atomic E-state index is 0.566. The molecule has 0 fully saturated rings. The lowest BCUT2D eigenvalue weighted by molar-refractivity contribution is 0.643. The van der Waals surface area contributed by atoms with Gasteiger partial charge >= 0.3 is 0 Å². The van der Waals surface area contributed by atoms with Crippen LogP contribution in [0.15, 0.2) is 67.1 Å². The zero-order valence-electron chi connectivity index (χ0n) is 12.5. The molecule has 3 aromatic rings. The third kappa shape index (κ3) is 2.51. The SMILES string of the molecule is Cc1ccc(C(C#N)(Cc2cnc[nH]2)c2ccccc2)cc1. The summed E-state index contributed by atoms with van der Waals surface area (Å²) >= 11 is 0. The fourth-order valence-electron chi connectivity index (χ4n) is 2.77. The first-order chi connectivity index (χ1) is 10.7. The van der Waals surface area contributed by atoms with Crippen LogP contribution in [0.4, 0.5) is 0 Å². The van der Waals surface area contributed by atoms with Crippen molar-refractivity contribution in [2.75, 3.05) is 0 Å². The van der Waals surface area contributed by atoms with Crippen LogP contribution in [0.1, 0.15) is 22.4 Å². The maximum absolute atomic E-state index is 10.1. The van der Waals surface area contributed by atoms with Gasteiger partial charge in [0.25, 0.3) is 0 Å². The molecule has 3 nitrogen and oxygen atoms in total. The van der Waals surface area contributed by atoms with Crippen LogP contribution in [0.25, 0.3) is 0 Å². The molecule has 0 bridgehead atoms. The smallest absolute Gasteiger partial charge is 0.113 e. The predicted octanol–water partition coefficient (Wildman–Crippen LogP) is 3.77. The number of aryl methyl sites for hydroxylation is 1. The fourth-order valence-corrected chi connectivity index (χ4v) is 2.77. The number of aromatic nitrogens is 2. The molecule has 3 heteroatoms. The second kappa shape index (κ2) is 5.87. The van der Waals surface area contributed by atoms with Crippen LogP contribution in [0.3, 0.4) is 0 Å². The Morgan fingerprint density at radius 3 is 2.32 bits per heavy atom. The monoisotopic (exact) mass is 287 g/mol. The molecule has 0 aliphatic carbocycles. The van der Waals surface area contributed by atoms with Gasteiger partial charge in [0.15, 0.2) is 0 Å². The lowest BCUT2D eigenvalue weighted by Gasteiger charge is -2.27. The van der Waals surface area contributed by atoms with Gasteiger partial charge in [-0.25, -0.2) is 4.98 Å². The first-order valence-electron chi connectivity index (χ1n) is 7.26. The highest BCUT2D eigenvalue weighted by Crippen LogP contribution is 2.35. The van der Waals surface area contributed by atoms with Crippen molar-refractivity contribution in [2.45, 2.75) is 18.8 Å². The van der Waals surface area contributed by atoms with Crippen molar-refractivity contribution in [3.05, 3.63) is 89.5 Å². The Balaban J connectivity index is 2.16. The number of nitrogens with zero attached hydrogens (tertiary/aromatic N) is 2. The Kier molecular flexibility index (Phi) is 3.76.